The van der Waals surface area contributed by atoms with Crippen LogP contribution in [-0.4, -0.2) is 29.6 Å². The normalized spacial score (nSPS) is 30.7. The van der Waals surface area contributed by atoms with Crippen molar-refractivity contribution >= 4 is 34.0 Å². The number of halogens is 1. The molecule has 24 heavy (non-hydrogen) atoms. The fourth-order valence-corrected chi connectivity index (χ4v) is 4.51. The lowest BCUT2D eigenvalue weighted by Crippen LogP contribution is -2.28. The second kappa shape index (κ2) is 5.84. The Bertz CT molecular complexity index is 744. The number of carbonyl (C=O) groups is 2. The largest absolute Gasteiger partial charge is 0.493 e. The average Bonchev–Trinajstić information content (AvgIpc) is 3.23. The van der Waals surface area contributed by atoms with Gasteiger partial charge in [0.2, 0.25) is 0 Å². The predicted molar refractivity (Wildman–Crippen MR) is 92.5 cm³/mol. The third-order valence-corrected chi connectivity index (χ3v) is 5.64. The molecular formula is C18H17BrN2O3. The fraction of sp³-hybridized carbons (Fsp3) is 0.389. The standard InChI is InChI=1S/C18H17BrN2O3/c1-2-24-14-6-3-10(7-13(14)19)9-20-21-17(22)15-11-4-5-12(8-11)16(15)18(21)23/h3-7,9,11-12,15-16H,2,8H2,1H3. The highest BCUT2D eigenvalue weighted by Crippen LogP contribution is 2.52. The number of imide groups is 1. The summed E-state index contributed by atoms with van der Waals surface area (Å²) in [5, 5.41) is 5.23. The first-order chi connectivity index (χ1) is 11.6. The lowest BCUT2D eigenvalue weighted by atomic mass is 9.85. The molecule has 0 aromatic heterocycles. The monoisotopic (exact) mass is 388 g/mol. The van der Waals surface area contributed by atoms with Crippen molar-refractivity contribution in [3.63, 3.8) is 0 Å². The van der Waals surface area contributed by atoms with Crippen LogP contribution in [0.4, 0.5) is 0 Å². The van der Waals surface area contributed by atoms with Gasteiger partial charge in [-0.2, -0.15) is 10.1 Å². The summed E-state index contributed by atoms with van der Waals surface area (Å²) in [6, 6.07) is 5.53. The summed E-state index contributed by atoms with van der Waals surface area (Å²) in [7, 11) is 0. The van der Waals surface area contributed by atoms with Crippen molar-refractivity contribution < 1.29 is 14.3 Å². The summed E-state index contributed by atoms with van der Waals surface area (Å²) < 4.78 is 6.28. The van der Waals surface area contributed by atoms with Crippen LogP contribution < -0.4 is 4.74 Å². The van der Waals surface area contributed by atoms with E-state index in [0.717, 1.165) is 27.2 Å². The van der Waals surface area contributed by atoms with E-state index in [1.54, 1.807) is 6.21 Å². The molecule has 4 unspecified atom stereocenters. The van der Waals surface area contributed by atoms with Gasteiger partial charge in [-0.25, -0.2) is 0 Å². The van der Waals surface area contributed by atoms with Gasteiger partial charge >= 0.3 is 0 Å². The third-order valence-electron chi connectivity index (χ3n) is 5.03. The van der Waals surface area contributed by atoms with Gasteiger partial charge in [0.05, 0.1) is 29.1 Å². The maximum Gasteiger partial charge on any atom is 0.254 e. The summed E-state index contributed by atoms with van der Waals surface area (Å²) in [6.07, 6.45) is 6.63. The van der Waals surface area contributed by atoms with Gasteiger partial charge in [-0.15, -0.1) is 0 Å². The summed E-state index contributed by atoms with van der Waals surface area (Å²) in [6.45, 7) is 2.51. The molecule has 4 rings (SSSR count). The number of amides is 2. The highest BCUT2D eigenvalue weighted by Gasteiger charge is 2.59. The zero-order valence-electron chi connectivity index (χ0n) is 13.2. The number of fused-ring (bicyclic) bond motifs is 5. The van der Waals surface area contributed by atoms with Gasteiger partial charge in [0.1, 0.15) is 5.75 Å². The minimum absolute atomic E-state index is 0.164. The molecule has 1 aromatic rings. The quantitative estimate of drug-likeness (QED) is 0.452. The molecule has 5 nitrogen and oxygen atoms in total. The van der Waals surface area contributed by atoms with E-state index < -0.39 is 0 Å². The molecular weight excluding hydrogens is 372 g/mol. The Balaban J connectivity index is 1.54. The average molecular weight is 389 g/mol. The molecule has 0 radical (unpaired) electrons. The molecule has 124 valence electrons. The number of ether oxygens (including phenoxy) is 1. The summed E-state index contributed by atoms with van der Waals surface area (Å²) >= 11 is 3.45. The number of hydrogen-bond acceptors (Lipinski definition) is 4. The second-order valence-corrected chi connectivity index (χ2v) is 7.21. The molecule has 2 bridgehead atoms. The van der Waals surface area contributed by atoms with Crippen LogP contribution in [-0.2, 0) is 9.59 Å². The number of nitrogens with zero attached hydrogens (tertiary/aromatic N) is 2. The van der Waals surface area contributed by atoms with Crippen molar-refractivity contribution in [2.24, 2.45) is 28.8 Å². The number of rotatable bonds is 4. The minimum Gasteiger partial charge on any atom is -0.493 e. The SMILES string of the molecule is CCOc1ccc(C=NN2C(=O)C3C4C=CC(C4)C3C2=O)cc1Br. The zero-order chi connectivity index (χ0) is 16.8. The van der Waals surface area contributed by atoms with Gasteiger partial charge < -0.3 is 4.74 Å². The van der Waals surface area contributed by atoms with Crippen molar-refractivity contribution in [3.8, 4) is 5.75 Å². The van der Waals surface area contributed by atoms with Crippen LogP contribution >= 0.6 is 15.9 Å². The minimum atomic E-state index is -0.211. The Morgan fingerprint density at radius 2 is 1.92 bits per heavy atom. The van der Waals surface area contributed by atoms with E-state index in [1.165, 1.54) is 0 Å². The van der Waals surface area contributed by atoms with Crippen LogP contribution in [0.25, 0.3) is 0 Å². The number of benzene rings is 1. The number of hydrogen-bond donors (Lipinski definition) is 0. The zero-order valence-corrected chi connectivity index (χ0v) is 14.8. The van der Waals surface area contributed by atoms with Crippen molar-refractivity contribution in [1.82, 2.24) is 5.01 Å². The Hall–Kier alpha value is -1.95. The highest BCUT2D eigenvalue weighted by molar-refractivity contribution is 9.10. The second-order valence-electron chi connectivity index (χ2n) is 6.36. The van der Waals surface area contributed by atoms with Gasteiger partial charge in [-0.05, 0) is 64.9 Å². The van der Waals surface area contributed by atoms with Crippen molar-refractivity contribution in [2.75, 3.05) is 6.61 Å². The molecule has 0 spiro atoms. The van der Waals surface area contributed by atoms with E-state index >= 15 is 0 Å². The molecule has 2 fully saturated rings. The maximum absolute atomic E-state index is 12.5. The molecule has 0 N–H and O–H groups in total. The third kappa shape index (κ3) is 2.32. The number of hydrazone groups is 1. The Labute approximate surface area is 148 Å². The molecule has 2 aliphatic carbocycles. The molecule has 6 heteroatoms. The van der Waals surface area contributed by atoms with Crippen LogP contribution in [0.2, 0.25) is 0 Å². The Morgan fingerprint density at radius 3 is 2.50 bits per heavy atom. The molecule has 4 atom stereocenters. The molecule has 1 aromatic carbocycles. The summed E-state index contributed by atoms with van der Waals surface area (Å²) in [5.74, 6) is 0.410. The molecule has 1 aliphatic heterocycles. The lowest BCUT2D eigenvalue weighted by molar-refractivity contribution is -0.140. The molecule has 1 saturated carbocycles. The smallest absolute Gasteiger partial charge is 0.254 e. The van der Waals surface area contributed by atoms with Gasteiger partial charge in [0, 0.05) is 0 Å². The summed E-state index contributed by atoms with van der Waals surface area (Å²) in [4.78, 5) is 25.1. The fourth-order valence-electron chi connectivity index (χ4n) is 3.99. The van der Waals surface area contributed by atoms with E-state index in [2.05, 4.69) is 33.2 Å². The lowest BCUT2D eigenvalue weighted by Gasteiger charge is -2.13. The Morgan fingerprint density at radius 1 is 1.25 bits per heavy atom. The van der Waals surface area contributed by atoms with E-state index in [9.17, 15) is 9.59 Å². The van der Waals surface area contributed by atoms with E-state index in [-0.39, 0.29) is 35.5 Å². The van der Waals surface area contributed by atoms with E-state index in [4.69, 9.17) is 4.74 Å². The van der Waals surface area contributed by atoms with Crippen molar-refractivity contribution in [2.45, 2.75) is 13.3 Å². The first-order valence-corrected chi connectivity index (χ1v) is 8.92. The first-order valence-electron chi connectivity index (χ1n) is 8.12. The number of carbonyl (C=O) groups excluding carboxylic acids is 2. The van der Waals surface area contributed by atoms with Crippen molar-refractivity contribution in [1.29, 1.82) is 0 Å². The predicted octanol–water partition coefficient (Wildman–Crippen LogP) is 2.99. The summed E-state index contributed by atoms with van der Waals surface area (Å²) in [5.41, 5.74) is 0.795. The highest BCUT2D eigenvalue weighted by atomic mass is 79.9. The van der Waals surface area contributed by atoms with Gasteiger partial charge in [0.25, 0.3) is 11.8 Å². The maximum atomic E-state index is 12.5. The van der Waals surface area contributed by atoms with Crippen LogP contribution in [0, 0.1) is 23.7 Å². The van der Waals surface area contributed by atoms with Gasteiger partial charge in [-0.3, -0.25) is 9.59 Å². The van der Waals surface area contributed by atoms with Crippen LogP contribution in [0.3, 0.4) is 0 Å². The van der Waals surface area contributed by atoms with Gasteiger partial charge in [-0.1, -0.05) is 12.2 Å². The van der Waals surface area contributed by atoms with Crippen LogP contribution in [0.15, 0.2) is 39.9 Å². The Kier molecular flexibility index (Phi) is 3.79. The van der Waals surface area contributed by atoms with E-state index in [0.29, 0.717) is 6.61 Å². The molecule has 3 aliphatic rings. The van der Waals surface area contributed by atoms with Crippen LogP contribution in [0.5, 0.6) is 5.75 Å². The first kappa shape index (κ1) is 15.6. The van der Waals surface area contributed by atoms with Crippen molar-refractivity contribution in [3.05, 3.63) is 40.4 Å². The molecule has 1 heterocycles. The molecule has 2 amide bonds. The van der Waals surface area contributed by atoms with Gasteiger partial charge in [0.15, 0.2) is 0 Å². The number of allylic oxidation sites excluding steroid dienone is 2. The van der Waals surface area contributed by atoms with Crippen LogP contribution in [0.1, 0.15) is 18.9 Å². The molecule has 1 saturated heterocycles. The van der Waals surface area contributed by atoms with E-state index in [1.807, 2.05) is 25.1 Å². The topological polar surface area (TPSA) is 59.0 Å².